The summed E-state index contributed by atoms with van der Waals surface area (Å²) in [4.78, 5) is 11.1. The van der Waals surface area contributed by atoms with Crippen LogP contribution in [0.1, 0.15) is 20.3 Å². The molecule has 0 radical (unpaired) electrons. The fraction of sp³-hybridized carbons (Fsp3) is 0.909. The molecule has 1 saturated heterocycles. The Kier molecular flexibility index (Phi) is 5.97. The van der Waals surface area contributed by atoms with Crippen molar-refractivity contribution < 1.29 is 29.6 Å². The lowest BCUT2D eigenvalue weighted by atomic mass is 9.96. The number of carbonyl (C=O) groups is 1. The molecule has 0 saturated carbocycles. The van der Waals surface area contributed by atoms with Gasteiger partial charge in [0.1, 0.15) is 24.4 Å². The summed E-state index contributed by atoms with van der Waals surface area (Å²) >= 11 is 0. The van der Waals surface area contributed by atoms with Crippen molar-refractivity contribution in [1.29, 1.82) is 0 Å². The molecular weight excluding hydrogens is 242 g/mol. The van der Waals surface area contributed by atoms with Gasteiger partial charge in [0, 0.05) is 13.5 Å². The van der Waals surface area contributed by atoms with Crippen molar-refractivity contribution in [2.24, 2.45) is 0 Å². The molecule has 1 rings (SSSR count). The van der Waals surface area contributed by atoms with E-state index in [1.165, 1.54) is 6.92 Å². The lowest BCUT2D eigenvalue weighted by Crippen LogP contribution is -2.64. The zero-order valence-electron chi connectivity index (χ0n) is 10.6. The second-order valence-corrected chi connectivity index (χ2v) is 4.30. The van der Waals surface area contributed by atoms with Crippen LogP contribution in [0.15, 0.2) is 0 Å². The Hall–Kier alpha value is -0.730. The van der Waals surface area contributed by atoms with E-state index in [2.05, 4.69) is 5.32 Å². The Morgan fingerprint density at radius 3 is 2.61 bits per heavy atom. The van der Waals surface area contributed by atoms with Crippen molar-refractivity contribution in [2.75, 3.05) is 13.2 Å². The average molecular weight is 263 g/mol. The molecule has 0 aromatic carbocycles. The van der Waals surface area contributed by atoms with E-state index in [1.807, 2.05) is 6.92 Å². The zero-order valence-corrected chi connectivity index (χ0v) is 10.6. The Morgan fingerprint density at radius 2 is 2.11 bits per heavy atom. The van der Waals surface area contributed by atoms with Gasteiger partial charge in [0.15, 0.2) is 6.29 Å². The number of nitrogens with one attached hydrogen (secondary N) is 1. The number of amides is 1. The molecule has 1 heterocycles. The third-order valence-electron chi connectivity index (χ3n) is 2.76. The zero-order chi connectivity index (χ0) is 13.7. The first-order chi connectivity index (χ1) is 8.51. The number of rotatable bonds is 5. The summed E-state index contributed by atoms with van der Waals surface area (Å²) in [6, 6.07) is -0.855. The summed E-state index contributed by atoms with van der Waals surface area (Å²) in [7, 11) is 0. The highest BCUT2D eigenvalue weighted by molar-refractivity contribution is 5.73. The van der Waals surface area contributed by atoms with Crippen LogP contribution in [-0.2, 0) is 14.3 Å². The standard InChI is InChI=1S/C11H21NO6/c1-3-4-17-10-8(12-6(2)14)11(16)18-7(5-13)9(10)15/h7-11,13,15-16H,3-5H2,1-2H3,(H,12,14)/t7-,8+,9-,10-,11+/m1/s1. The summed E-state index contributed by atoms with van der Waals surface area (Å²) in [6.45, 7) is 3.15. The molecule has 0 spiro atoms. The summed E-state index contributed by atoms with van der Waals surface area (Å²) in [5.41, 5.74) is 0. The van der Waals surface area contributed by atoms with Crippen LogP contribution >= 0.6 is 0 Å². The molecule has 1 fully saturated rings. The Bertz CT molecular complexity index is 274. The van der Waals surface area contributed by atoms with Crippen molar-refractivity contribution >= 4 is 5.91 Å². The fourth-order valence-electron chi connectivity index (χ4n) is 1.93. The van der Waals surface area contributed by atoms with Gasteiger partial charge in [-0.25, -0.2) is 0 Å². The fourth-order valence-corrected chi connectivity index (χ4v) is 1.93. The molecule has 5 atom stereocenters. The number of hydrogen-bond donors (Lipinski definition) is 4. The van der Waals surface area contributed by atoms with Crippen LogP contribution in [-0.4, -0.2) is 65.1 Å². The molecule has 7 nitrogen and oxygen atoms in total. The second kappa shape index (κ2) is 7.01. The second-order valence-electron chi connectivity index (χ2n) is 4.30. The topological polar surface area (TPSA) is 108 Å². The maximum absolute atomic E-state index is 11.1. The highest BCUT2D eigenvalue weighted by atomic mass is 16.6. The first-order valence-corrected chi connectivity index (χ1v) is 6.02. The molecular formula is C11H21NO6. The summed E-state index contributed by atoms with van der Waals surface area (Å²) in [6.07, 6.45) is -3.43. The predicted molar refractivity (Wildman–Crippen MR) is 61.6 cm³/mol. The van der Waals surface area contributed by atoms with Gasteiger partial charge in [-0.05, 0) is 6.42 Å². The first-order valence-electron chi connectivity index (χ1n) is 6.02. The number of aliphatic hydroxyl groups excluding tert-OH is 3. The minimum Gasteiger partial charge on any atom is -0.394 e. The van der Waals surface area contributed by atoms with Crippen molar-refractivity contribution in [1.82, 2.24) is 5.32 Å². The lowest BCUT2D eigenvalue weighted by Gasteiger charge is -2.42. The molecule has 1 aliphatic heterocycles. The largest absolute Gasteiger partial charge is 0.394 e. The van der Waals surface area contributed by atoms with Crippen LogP contribution in [0.3, 0.4) is 0 Å². The first kappa shape index (κ1) is 15.3. The van der Waals surface area contributed by atoms with E-state index in [9.17, 15) is 15.0 Å². The Morgan fingerprint density at radius 1 is 1.44 bits per heavy atom. The SMILES string of the molecule is CCCO[C@H]1[C@H](O)[C@@H](CO)O[C@H](O)[C@H]1NC(C)=O. The maximum atomic E-state index is 11.1. The third kappa shape index (κ3) is 3.63. The van der Waals surface area contributed by atoms with E-state index in [4.69, 9.17) is 14.6 Å². The van der Waals surface area contributed by atoms with Crippen LogP contribution in [0.5, 0.6) is 0 Å². The number of aliphatic hydroxyl groups is 3. The van der Waals surface area contributed by atoms with Gasteiger partial charge in [0.2, 0.25) is 5.91 Å². The monoisotopic (exact) mass is 263 g/mol. The van der Waals surface area contributed by atoms with Gasteiger partial charge in [0.25, 0.3) is 0 Å². The summed E-state index contributed by atoms with van der Waals surface area (Å²) < 4.78 is 10.5. The summed E-state index contributed by atoms with van der Waals surface area (Å²) in [5.74, 6) is -0.359. The van der Waals surface area contributed by atoms with Gasteiger partial charge in [-0.1, -0.05) is 6.92 Å². The molecule has 1 amide bonds. The van der Waals surface area contributed by atoms with Crippen molar-refractivity contribution in [3.05, 3.63) is 0 Å². The highest BCUT2D eigenvalue weighted by Crippen LogP contribution is 2.22. The van der Waals surface area contributed by atoms with Crippen LogP contribution in [0, 0.1) is 0 Å². The smallest absolute Gasteiger partial charge is 0.217 e. The van der Waals surface area contributed by atoms with Crippen molar-refractivity contribution in [3.8, 4) is 0 Å². The molecule has 4 N–H and O–H groups in total. The molecule has 0 bridgehead atoms. The van der Waals surface area contributed by atoms with Gasteiger partial charge in [-0.15, -0.1) is 0 Å². The van der Waals surface area contributed by atoms with Crippen LogP contribution in [0.2, 0.25) is 0 Å². The maximum Gasteiger partial charge on any atom is 0.217 e. The Labute approximate surface area is 106 Å². The van der Waals surface area contributed by atoms with Gasteiger partial charge < -0.3 is 30.1 Å². The van der Waals surface area contributed by atoms with Gasteiger partial charge in [0.05, 0.1) is 6.61 Å². The van der Waals surface area contributed by atoms with Crippen LogP contribution in [0.4, 0.5) is 0 Å². The lowest BCUT2D eigenvalue weighted by molar-refractivity contribution is -0.261. The number of ether oxygens (including phenoxy) is 2. The molecule has 7 heteroatoms. The van der Waals surface area contributed by atoms with E-state index < -0.39 is 37.3 Å². The summed E-state index contributed by atoms with van der Waals surface area (Å²) in [5, 5.41) is 31.3. The third-order valence-corrected chi connectivity index (χ3v) is 2.76. The molecule has 0 aromatic heterocycles. The van der Waals surface area contributed by atoms with Crippen molar-refractivity contribution in [3.63, 3.8) is 0 Å². The van der Waals surface area contributed by atoms with E-state index in [-0.39, 0.29) is 5.91 Å². The van der Waals surface area contributed by atoms with E-state index in [1.54, 1.807) is 0 Å². The predicted octanol–water partition coefficient (Wildman–Crippen LogP) is -1.64. The van der Waals surface area contributed by atoms with Crippen molar-refractivity contribution in [2.45, 2.75) is 50.9 Å². The number of hydrogen-bond acceptors (Lipinski definition) is 6. The minimum absolute atomic E-state index is 0.359. The van der Waals surface area contributed by atoms with E-state index in [0.717, 1.165) is 6.42 Å². The molecule has 0 unspecified atom stereocenters. The van der Waals surface area contributed by atoms with E-state index in [0.29, 0.717) is 6.61 Å². The molecule has 18 heavy (non-hydrogen) atoms. The number of carbonyl (C=O) groups excluding carboxylic acids is 1. The molecule has 106 valence electrons. The van der Waals surface area contributed by atoms with Gasteiger partial charge >= 0.3 is 0 Å². The molecule has 0 aliphatic carbocycles. The quantitative estimate of drug-likeness (QED) is 0.473. The minimum atomic E-state index is -1.32. The normalized spacial score (nSPS) is 36.4. The van der Waals surface area contributed by atoms with Gasteiger partial charge in [-0.2, -0.15) is 0 Å². The molecule has 0 aromatic rings. The van der Waals surface area contributed by atoms with Crippen LogP contribution < -0.4 is 5.32 Å². The van der Waals surface area contributed by atoms with E-state index >= 15 is 0 Å². The Balaban J connectivity index is 2.79. The highest BCUT2D eigenvalue weighted by Gasteiger charge is 2.45. The van der Waals surface area contributed by atoms with Gasteiger partial charge in [-0.3, -0.25) is 4.79 Å². The average Bonchev–Trinajstić information content (AvgIpc) is 2.32. The molecule has 1 aliphatic rings. The van der Waals surface area contributed by atoms with Crippen LogP contribution in [0.25, 0.3) is 0 Å².